The van der Waals surface area contributed by atoms with Crippen LogP contribution in [0, 0.1) is 5.92 Å². The summed E-state index contributed by atoms with van der Waals surface area (Å²) in [5.74, 6) is -2.03. The van der Waals surface area contributed by atoms with E-state index in [0.717, 1.165) is 5.56 Å². The molecule has 3 atom stereocenters. The number of carboxylic acids is 1. The average molecular weight is 321 g/mol. The summed E-state index contributed by atoms with van der Waals surface area (Å²) >= 11 is 1.29. The van der Waals surface area contributed by atoms with Crippen LogP contribution >= 0.6 is 11.8 Å². The number of carboxylic acid groups (broad SMARTS) is 1. The van der Waals surface area contributed by atoms with E-state index >= 15 is 0 Å². The molecule has 3 rings (SSSR count). The van der Waals surface area contributed by atoms with E-state index in [1.54, 1.807) is 43.2 Å². The maximum absolute atomic E-state index is 12.0. The smallest absolute Gasteiger partial charge is 0.353 e. The summed E-state index contributed by atoms with van der Waals surface area (Å²) in [6.45, 7) is 1.55. The lowest BCUT2D eigenvalue weighted by molar-refractivity contribution is -0.156. The molecule has 7 nitrogen and oxygen atoms in total. The molecule has 116 valence electrons. The number of amides is 1. The highest BCUT2D eigenvalue weighted by molar-refractivity contribution is 8.04. The maximum Gasteiger partial charge on any atom is 0.353 e. The van der Waals surface area contributed by atoms with Gasteiger partial charge in [-0.2, -0.15) is 5.10 Å². The third kappa shape index (κ3) is 2.24. The topological polar surface area (TPSA) is 95.7 Å². The summed E-state index contributed by atoms with van der Waals surface area (Å²) < 4.78 is 1.65. The van der Waals surface area contributed by atoms with Gasteiger partial charge >= 0.3 is 5.97 Å². The number of aliphatic carboxylic acids is 1. The number of β-lactam (4-membered cyclic amide) rings is 1. The number of aliphatic hydroxyl groups excluding tert-OH is 1. The van der Waals surface area contributed by atoms with E-state index in [1.807, 2.05) is 0 Å². The number of fused-ring (bicyclic) bond motifs is 1. The first-order chi connectivity index (χ1) is 10.4. The molecule has 1 saturated heterocycles. The molecule has 2 aliphatic heterocycles. The van der Waals surface area contributed by atoms with Gasteiger partial charge in [-0.3, -0.25) is 14.4 Å². The summed E-state index contributed by atoms with van der Waals surface area (Å²) in [6.07, 6.45) is 6.10. The molecule has 1 unspecified atom stereocenters. The zero-order valence-electron chi connectivity index (χ0n) is 12.0. The predicted molar refractivity (Wildman–Crippen MR) is 80.3 cm³/mol. The lowest BCUT2D eigenvalue weighted by atomic mass is 9.92. The summed E-state index contributed by atoms with van der Waals surface area (Å²) in [7, 11) is 1.79. The van der Waals surface area contributed by atoms with Crippen molar-refractivity contribution in [3.63, 3.8) is 0 Å². The van der Waals surface area contributed by atoms with Crippen LogP contribution in [-0.4, -0.2) is 48.2 Å². The van der Waals surface area contributed by atoms with Crippen molar-refractivity contribution < 1.29 is 19.8 Å². The van der Waals surface area contributed by atoms with Crippen LogP contribution < -0.4 is 0 Å². The van der Waals surface area contributed by atoms with E-state index in [0.29, 0.717) is 4.91 Å². The minimum absolute atomic E-state index is 0.0166. The van der Waals surface area contributed by atoms with E-state index < -0.39 is 18.0 Å². The third-order valence-electron chi connectivity index (χ3n) is 3.68. The number of aryl methyl sites for hydroxylation is 1. The second-order valence-electron chi connectivity index (χ2n) is 5.28. The van der Waals surface area contributed by atoms with Gasteiger partial charge < -0.3 is 10.2 Å². The van der Waals surface area contributed by atoms with Gasteiger partial charge in [0.2, 0.25) is 5.91 Å². The third-order valence-corrected chi connectivity index (χ3v) is 5.01. The van der Waals surface area contributed by atoms with Crippen LogP contribution in [0.2, 0.25) is 0 Å². The highest BCUT2D eigenvalue weighted by Crippen LogP contribution is 2.50. The molecule has 2 aliphatic rings. The van der Waals surface area contributed by atoms with Crippen LogP contribution in [-0.2, 0) is 16.6 Å². The first kappa shape index (κ1) is 14.9. The molecular weight excluding hydrogens is 306 g/mol. The first-order valence-corrected chi connectivity index (χ1v) is 7.60. The fourth-order valence-corrected chi connectivity index (χ4v) is 4.13. The second-order valence-corrected chi connectivity index (χ2v) is 6.44. The number of hydrogen-bond donors (Lipinski definition) is 2. The quantitative estimate of drug-likeness (QED) is 0.790. The first-order valence-electron chi connectivity index (χ1n) is 6.72. The molecule has 22 heavy (non-hydrogen) atoms. The second kappa shape index (κ2) is 5.29. The molecule has 1 aromatic heterocycles. The van der Waals surface area contributed by atoms with Crippen LogP contribution in [0.5, 0.6) is 0 Å². The number of nitrogens with zero attached hydrogens (tertiary/aromatic N) is 3. The molecule has 0 radical (unpaired) electrons. The normalized spacial score (nSPS) is 25.6. The van der Waals surface area contributed by atoms with E-state index in [2.05, 4.69) is 5.10 Å². The van der Waals surface area contributed by atoms with Crippen molar-refractivity contribution in [2.45, 2.75) is 18.4 Å². The summed E-state index contributed by atoms with van der Waals surface area (Å²) in [4.78, 5) is 25.3. The van der Waals surface area contributed by atoms with Crippen LogP contribution in [0.15, 0.2) is 29.1 Å². The molecule has 1 aromatic rings. The zero-order chi connectivity index (χ0) is 16.0. The highest BCUT2D eigenvalue weighted by Gasteiger charge is 2.57. The van der Waals surface area contributed by atoms with Gasteiger partial charge in [0, 0.05) is 23.7 Å². The van der Waals surface area contributed by atoms with Gasteiger partial charge in [-0.1, -0.05) is 17.8 Å². The van der Waals surface area contributed by atoms with Crippen molar-refractivity contribution in [3.05, 3.63) is 34.6 Å². The number of hydrogen-bond acceptors (Lipinski definition) is 5. The summed E-state index contributed by atoms with van der Waals surface area (Å²) in [6, 6.07) is 0. The van der Waals surface area contributed by atoms with Crippen molar-refractivity contribution in [1.29, 1.82) is 0 Å². The Morgan fingerprint density at radius 1 is 1.50 bits per heavy atom. The molecule has 0 aromatic carbocycles. The number of rotatable bonds is 4. The average Bonchev–Trinajstić information content (AvgIpc) is 2.97. The van der Waals surface area contributed by atoms with Gasteiger partial charge in [0.25, 0.3) is 0 Å². The highest BCUT2D eigenvalue weighted by atomic mass is 32.2. The maximum atomic E-state index is 12.0. The van der Waals surface area contributed by atoms with Crippen LogP contribution in [0.4, 0.5) is 0 Å². The van der Waals surface area contributed by atoms with Crippen molar-refractivity contribution in [1.82, 2.24) is 14.7 Å². The lowest BCUT2D eigenvalue weighted by Gasteiger charge is -2.43. The Hall–Kier alpha value is -2.06. The van der Waals surface area contributed by atoms with Crippen LogP contribution in [0.3, 0.4) is 0 Å². The Kier molecular flexibility index (Phi) is 3.57. The van der Waals surface area contributed by atoms with Crippen LogP contribution in [0.1, 0.15) is 12.5 Å². The van der Waals surface area contributed by atoms with E-state index in [-0.39, 0.29) is 17.0 Å². The van der Waals surface area contributed by atoms with E-state index in [1.165, 1.54) is 16.7 Å². The molecule has 0 spiro atoms. The van der Waals surface area contributed by atoms with Gasteiger partial charge in [0.05, 0.1) is 18.2 Å². The summed E-state index contributed by atoms with van der Waals surface area (Å²) in [5, 5.41) is 22.7. The molecule has 3 heterocycles. The van der Waals surface area contributed by atoms with Crippen molar-refractivity contribution in [3.8, 4) is 0 Å². The molecule has 1 amide bonds. The number of thioether (sulfide) groups is 1. The fourth-order valence-electron chi connectivity index (χ4n) is 2.62. The van der Waals surface area contributed by atoms with Crippen molar-refractivity contribution in [2.24, 2.45) is 13.0 Å². The van der Waals surface area contributed by atoms with Gasteiger partial charge in [-0.25, -0.2) is 4.79 Å². The lowest BCUT2D eigenvalue weighted by Crippen LogP contribution is -2.60. The Bertz CT molecular complexity index is 707. The molecule has 0 aliphatic carbocycles. The van der Waals surface area contributed by atoms with Gasteiger partial charge in [-0.15, -0.1) is 0 Å². The SMILES string of the molecule is CC(O)[C@H]1C(=O)N2C(C(=O)O)=C(/C=C/c3cnn(C)c3)S[C@H]12. The minimum atomic E-state index is -1.14. The molecular formula is C14H15N3O4S. The van der Waals surface area contributed by atoms with Gasteiger partial charge in [-0.05, 0) is 13.0 Å². The van der Waals surface area contributed by atoms with Gasteiger partial charge in [0.15, 0.2) is 0 Å². The number of aliphatic hydroxyl groups is 1. The Labute approximate surface area is 130 Å². The fraction of sp³-hybridized carbons (Fsp3) is 0.357. The van der Waals surface area contributed by atoms with Crippen molar-refractivity contribution >= 4 is 29.7 Å². The number of carbonyl (C=O) groups excluding carboxylic acids is 1. The van der Waals surface area contributed by atoms with Crippen LogP contribution in [0.25, 0.3) is 6.08 Å². The summed E-state index contributed by atoms with van der Waals surface area (Å²) in [5.41, 5.74) is 0.824. The monoisotopic (exact) mass is 321 g/mol. The number of allylic oxidation sites excluding steroid dienone is 1. The van der Waals surface area contributed by atoms with E-state index in [4.69, 9.17) is 0 Å². The number of aromatic nitrogens is 2. The number of carbonyl (C=O) groups is 2. The van der Waals surface area contributed by atoms with Gasteiger partial charge in [0.1, 0.15) is 11.1 Å². The Balaban J connectivity index is 1.88. The molecule has 2 N–H and O–H groups in total. The molecule has 0 bridgehead atoms. The Morgan fingerprint density at radius 2 is 2.23 bits per heavy atom. The Morgan fingerprint density at radius 3 is 2.77 bits per heavy atom. The van der Waals surface area contributed by atoms with Crippen molar-refractivity contribution in [2.75, 3.05) is 0 Å². The van der Waals surface area contributed by atoms with E-state index in [9.17, 15) is 19.8 Å². The largest absolute Gasteiger partial charge is 0.477 e. The predicted octanol–water partition coefficient (Wildman–Crippen LogP) is 0.642. The molecule has 1 fully saturated rings. The standard InChI is InChI=1S/C14H15N3O4S/c1-7(18)10-12(19)17-11(14(20)21)9(22-13(10)17)4-3-8-5-15-16(2)6-8/h3-7,10,13,18H,1-2H3,(H,20,21)/b4-3+/t7?,10-,13+/m0/s1. The minimum Gasteiger partial charge on any atom is -0.477 e. The molecule has 0 saturated carbocycles. The zero-order valence-corrected chi connectivity index (χ0v) is 12.8. The molecule has 8 heteroatoms.